The van der Waals surface area contributed by atoms with Crippen molar-refractivity contribution in [1.82, 2.24) is 4.57 Å². The van der Waals surface area contributed by atoms with E-state index in [0.29, 0.717) is 5.69 Å². The summed E-state index contributed by atoms with van der Waals surface area (Å²) in [5.41, 5.74) is 6.82. The van der Waals surface area contributed by atoms with Crippen molar-refractivity contribution in [1.29, 1.82) is 5.26 Å². The maximum absolute atomic E-state index is 12.7. The Labute approximate surface area is 185 Å². The topological polar surface area (TPSA) is 57.8 Å². The normalized spacial score (nSPS) is 11.2. The summed E-state index contributed by atoms with van der Waals surface area (Å²) < 4.78 is 3.29. The van der Waals surface area contributed by atoms with Crippen LogP contribution in [0.5, 0.6) is 0 Å². The molecule has 0 aliphatic heterocycles. The minimum atomic E-state index is -0.404. The summed E-state index contributed by atoms with van der Waals surface area (Å²) in [5, 5.41) is 12.4. The van der Waals surface area contributed by atoms with Crippen molar-refractivity contribution in [3.8, 4) is 11.8 Å². The average Bonchev–Trinajstić information content (AvgIpc) is 2.96. The van der Waals surface area contributed by atoms with Crippen LogP contribution in [-0.4, -0.2) is 10.5 Å². The number of carbonyl (C=O) groups is 1. The summed E-state index contributed by atoms with van der Waals surface area (Å²) in [4.78, 5) is 12.7. The molecular weight excluding hydrogens is 473 g/mol. The number of halogens is 1. The molecule has 0 unspecified atom stereocenters. The van der Waals surface area contributed by atoms with E-state index in [9.17, 15) is 10.1 Å². The highest BCUT2D eigenvalue weighted by Crippen LogP contribution is 2.24. The highest BCUT2D eigenvalue weighted by molar-refractivity contribution is 14.1. The van der Waals surface area contributed by atoms with Crippen molar-refractivity contribution in [3.05, 3.63) is 85.8 Å². The molecule has 3 rings (SSSR count). The molecule has 0 fully saturated rings. The second-order valence-electron chi connectivity index (χ2n) is 7.08. The number of hydrogen-bond donors (Lipinski definition) is 1. The fraction of sp³-hybridized carbons (Fsp3) is 0.167. The maximum atomic E-state index is 12.7. The lowest BCUT2D eigenvalue weighted by molar-refractivity contribution is -0.112. The summed E-state index contributed by atoms with van der Waals surface area (Å²) in [6, 6.07) is 18.1. The molecule has 2 aromatic carbocycles. The van der Waals surface area contributed by atoms with Gasteiger partial charge in [0.05, 0.1) is 0 Å². The monoisotopic (exact) mass is 495 g/mol. The Morgan fingerprint density at radius 3 is 2.38 bits per heavy atom. The standard InChI is InChI=1S/C24H22IN3O/c1-15-5-10-23(16(2)11-15)27-24(29)20(14-26)13-19-12-17(3)28(18(19)4)22-8-6-21(25)7-9-22/h5-13H,1-4H3,(H,27,29)/b20-13-. The van der Waals surface area contributed by atoms with E-state index in [1.54, 1.807) is 6.08 Å². The van der Waals surface area contributed by atoms with Crippen LogP contribution < -0.4 is 5.32 Å². The smallest absolute Gasteiger partial charge is 0.266 e. The molecule has 0 spiro atoms. The molecule has 29 heavy (non-hydrogen) atoms. The number of nitriles is 1. The summed E-state index contributed by atoms with van der Waals surface area (Å²) in [7, 11) is 0. The molecule has 0 aliphatic carbocycles. The van der Waals surface area contributed by atoms with Crippen molar-refractivity contribution in [2.24, 2.45) is 0 Å². The number of benzene rings is 2. The molecule has 1 N–H and O–H groups in total. The van der Waals surface area contributed by atoms with Crippen molar-refractivity contribution in [2.45, 2.75) is 27.7 Å². The molecule has 0 aliphatic rings. The number of aromatic nitrogens is 1. The number of nitrogens with zero attached hydrogens (tertiary/aromatic N) is 2. The molecule has 3 aromatic rings. The predicted molar refractivity (Wildman–Crippen MR) is 126 cm³/mol. The summed E-state index contributed by atoms with van der Waals surface area (Å²) in [5.74, 6) is -0.404. The Morgan fingerprint density at radius 1 is 1.07 bits per heavy atom. The number of aryl methyl sites for hydroxylation is 3. The summed E-state index contributed by atoms with van der Waals surface area (Å²) in [6.07, 6.45) is 1.66. The number of amides is 1. The third kappa shape index (κ3) is 4.60. The second kappa shape index (κ2) is 8.66. The minimum Gasteiger partial charge on any atom is -0.321 e. The van der Waals surface area contributed by atoms with E-state index in [-0.39, 0.29) is 5.57 Å². The van der Waals surface area contributed by atoms with Crippen LogP contribution in [0.3, 0.4) is 0 Å². The first-order chi connectivity index (χ1) is 13.8. The molecule has 0 atom stereocenters. The Balaban J connectivity index is 1.93. The molecule has 5 heteroatoms. The predicted octanol–water partition coefficient (Wildman–Crippen LogP) is 5.86. The fourth-order valence-corrected chi connectivity index (χ4v) is 3.73. The van der Waals surface area contributed by atoms with Gasteiger partial charge in [-0.1, -0.05) is 17.7 Å². The number of carbonyl (C=O) groups excluding carboxylic acids is 1. The van der Waals surface area contributed by atoms with E-state index in [4.69, 9.17) is 0 Å². The van der Waals surface area contributed by atoms with E-state index in [2.05, 4.69) is 56.7 Å². The molecule has 1 amide bonds. The van der Waals surface area contributed by atoms with Crippen molar-refractivity contribution in [2.75, 3.05) is 5.32 Å². The van der Waals surface area contributed by atoms with Crippen LogP contribution >= 0.6 is 22.6 Å². The quantitative estimate of drug-likeness (QED) is 0.280. The van der Waals surface area contributed by atoms with Gasteiger partial charge < -0.3 is 9.88 Å². The van der Waals surface area contributed by atoms with Gasteiger partial charge in [0.2, 0.25) is 0 Å². The van der Waals surface area contributed by atoms with Gasteiger partial charge >= 0.3 is 0 Å². The lowest BCUT2D eigenvalue weighted by Crippen LogP contribution is -2.14. The maximum Gasteiger partial charge on any atom is 0.266 e. The van der Waals surface area contributed by atoms with Crippen LogP contribution in [0.4, 0.5) is 5.69 Å². The lowest BCUT2D eigenvalue weighted by atomic mass is 10.1. The number of hydrogen-bond acceptors (Lipinski definition) is 2. The molecule has 4 nitrogen and oxygen atoms in total. The molecule has 146 valence electrons. The molecule has 0 saturated heterocycles. The van der Waals surface area contributed by atoms with Gasteiger partial charge in [0.25, 0.3) is 5.91 Å². The van der Waals surface area contributed by atoms with Crippen LogP contribution in [0.1, 0.15) is 28.1 Å². The van der Waals surface area contributed by atoms with Gasteiger partial charge in [0.1, 0.15) is 11.6 Å². The van der Waals surface area contributed by atoms with Gasteiger partial charge in [-0.05, 0) is 104 Å². The first-order valence-corrected chi connectivity index (χ1v) is 10.3. The van der Waals surface area contributed by atoms with Gasteiger partial charge in [-0.2, -0.15) is 5.26 Å². The van der Waals surface area contributed by atoms with Crippen LogP contribution in [0.2, 0.25) is 0 Å². The van der Waals surface area contributed by atoms with Gasteiger partial charge in [0.15, 0.2) is 0 Å². The van der Waals surface area contributed by atoms with Crippen LogP contribution in [0.25, 0.3) is 11.8 Å². The van der Waals surface area contributed by atoms with Crippen molar-refractivity contribution < 1.29 is 4.79 Å². The number of nitrogens with one attached hydrogen (secondary N) is 1. The van der Waals surface area contributed by atoms with Crippen LogP contribution in [-0.2, 0) is 4.79 Å². The highest BCUT2D eigenvalue weighted by Gasteiger charge is 2.14. The van der Waals surface area contributed by atoms with Crippen molar-refractivity contribution in [3.63, 3.8) is 0 Å². The van der Waals surface area contributed by atoms with E-state index in [1.165, 1.54) is 3.57 Å². The third-order valence-electron chi connectivity index (χ3n) is 4.85. The average molecular weight is 495 g/mol. The molecule has 0 radical (unpaired) electrons. The second-order valence-corrected chi connectivity index (χ2v) is 8.33. The van der Waals surface area contributed by atoms with Gasteiger partial charge in [0, 0.05) is 26.3 Å². The Hall–Kier alpha value is -2.85. The minimum absolute atomic E-state index is 0.0767. The van der Waals surface area contributed by atoms with Crippen LogP contribution in [0, 0.1) is 42.6 Å². The molecule has 0 bridgehead atoms. The summed E-state index contributed by atoms with van der Waals surface area (Å²) in [6.45, 7) is 7.95. The van der Waals surface area contributed by atoms with E-state index in [0.717, 1.165) is 33.8 Å². The largest absolute Gasteiger partial charge is 0.321 e. The Kier molecular flexibility index (Phi) is 6.23. The van der Waals surface area contributed by atoms with Gasteiger partial charge in [-0.3, -0.25) is 4.79 Å². The van der Waals surface area contributed by atoms with E-state index in [1.807, 2.05) is 58.0 Å². The zero-order chi connectivity index (χ0) is 21.1. The van der Waals surface area contributed by atoms with Gasteiger partial charge in [-0.25, -0.2) is 0 Å². The van der Waals surface area contributed by atoms with Crippen molar-refractivity contribution >= 4 is 40.3 Å². The number of anilines is 1. The Bertz CT molecular complexity index is 1150. The molecular formula is C24H22IN3O. The fourth-order valence-electron chi connectivity index (χ4n) is 3.37. The SMILES string of the molecule is Cc1ccc(NC(=O)/C(C#N)=C\c2cc(C)n(-c3ccc(I)cc3)c2C)c(C)c1. The van der Waals surface area contributed by atoms with E-state index < -0.39 is 5.91 Å². The summed E-state index contributed by atoms with van der Waals surface area (Å²) >= 11 is 2.28. The zero-order valence-corrected chi connectivity index (χ0v) is 19.0. The first kappa shape index (κ1) is 20.9. The molecule has 0 saturated carbocycles. The van der Waals surface area contributed by atoms with Crippen LogP contribution in [0.15, 0.2) is 54.1 Å². The first-order valence-electron chi connectivity index (χ1n) is 9.25. The third-order valence-corrected chi connectivity index (χ3v) is 5.57. The Morgan fingerprint density at radius 2 is 1.76 bits per heavy atom. The lowest BCUT2D eigenvalue weighted by Gasteiger charge is -2.10. The molecule has 1 aromatic heterocycles. The van der Waals surface area contributed by atoms with Gasteiger partial charge in [-0.15, -0.1) is 0 Å². The molecule has 1 heterocycles. The highest BCUT2D eigenvalue weighted by atomic mass is 127. The van der Waals surface area contributed by atoms with E-state index >= 15 is 0 Å². The number of rotatable bonds is 4. The zero-order valence-electron chi connectivity index (χ0n) is 16.9.